The lowest BCUT2D eigenvalue weighted by atomic mass is 9.56. The number of hydrogen-bond acceptors (Lipinski definition) is 2. The van der Waals surface area contributed by atoms with Gasteiger partial charge in [0.15, 0.2) is 5.78 Å². The molecule has 5 atom stereocenters. The van der Waals surface area contributed by atoms with Gasteiger partial charge in [-0.05, 0) is 92.8 Å². The van der Waals surface area contributed by atoms with Crippen LogP contribution in [0.1, 0.15) is 65.7 Å². The van der Waals surface area contributed by atoms with E-state index in [-0.39, 0.29) is 0 Å². The van der Waals surface area contributed by atoms with E-state index in [1.165, 1.54) is 43.3 Å². The first kappa shape index (κ1) is 15.6. The third-order valence-corrected chi connectivity index (χ3v) is 7.51. The van der Waals surface area contributed by atoms with Gasteiger partial charge < -0.3 is 4.74 Å². The molecule has 2 fully saturated rings. The molecule has 0 radical (unpaired) electrons. The lowest BCUT2D eigenvalue weighted by molar-refractivity contribution is -0.115. The molecule has 2 heteroatoms. The van der Waals surface area contributed by atoms with Gasteiger partial charge in [-0.1, -0.05) is 12.5 Å². The predicted octanol–water partition coefficient (Wildman–Crippen LogP) is 4.84. The molecule has 0 heterocycles. The molecule has 0 aromatic carbocycles. The van der Waals surface area contributed by atoms with E-state index >= 15 is 0 Å². The van der Waals surface area contributed by atoms with E-state index < -0.39 is 0 Å². The summed E-state index contributed by atoms with van der Waals surface area (Å²) in [5.74, 6) is 2.51. The van der Waals surface area contributed by atoms with Crippen molar-refractivity contribution >= 4 is 5.78 Å². The van der Waals surface area contributed by atoms with Crippen LogP contribution in [0.5, 0.6) is 0 Å². The van der Waals surface area contributed by atoms with Crippen LogP contribution in [0, 0.1) is 23.2 Å². The zero-order valence-corrected chi connectivity index (χ0v) is 14.9. The standard InChI is InChI=1S/C21H30O2/c1-4-23-20-8-7-19-18-11-14-5-6-15(22)12-17(14)13(2)16(18)9-10-21(19,20)3/h12,14,18-20H,4-11H2,1-3H3. The predicted molar refractivity (Wildman–Crippen MR) is 92.1 cm³/mol. The average molecular weight is 314 g/mol. The number of carbonyl (C=O) groups is 1. The summed E-state index contributed by atoms with van der Waals surface area (Å²) in [5, 5.41) is 0. The van der Waals surface area contributed by atoms with Crippen LogP contribution in [0.2, 0.25) is 0 Å². The number of fused-ring (bicyclic) bond motifs is 4. The van der Waals surface area contributed by atoms with Gasteiger partial charge in [0, 0.05) is 13.0 Å². The summed E-state index contributed by atoms with van der Waals surface area (Å²) >= 11 is 0. The van der Waals surface area contributed by atoms with Crippen molar-refractivity contribution in [2.75, 3.05) is 6.61 Å². The largest absolute Gasteiger partial charge is 0.378 e. The molecule has 0 aliphatic heterocycles. The average Bonchev–Trinajstić information content (AvgIpc) is 2.86. The van der Waals surface area contributed by atoms with Crippen molar-refractivity contribution in [1.29, 1.82) is 0 Å². The highest BCUT2D eigenvalue weighted by atomic mass is 16.5. The second kappa shape index (κ2) is 5.58. The van der Waals surface area contributed by atoms with Crippen LogP contribution < -0.4 is 0 Å². The molecule has 23 heavy (non-hydrogen) atoms. The fraction of sp³-hybridized carbons (Fsp3) is 0.762. The Labute approximate surface area is 140 Å². The molecule has 0 N–H and O–H groups in total. The zero-order valence-electron chi connectivity index (χ0n) is 14.9. The first-order chi connectivity index (χ1) is 11.0. The van der Waals surface area contributed by atoms with E-state index in [0.717, 1.165) is 31.3 Å². The second-order valence-corrected chi connectivity index (χ2v) is 8.43. The summed E-state index contributed by atoms with van der Waals surface area (Å²) in [4.78, 5) is 11.9. The highest BCUT2D eigenvalue weighted by Crippen LogP contribution is 2.61. The van der Waals surface area contributed by atoms with E-state index in [1.807, 2.05) is 6.08 Å². The van der Waals surface area contributed by atoms with E-state index in [2.05, 4.69) is 20.8 Å². The summed E-state index contributed by atoms with van der Waals surface area (Å²) in [6, 6.07) is 0. The van der Waals surface area contributed by atoms with Gasteiger partial charge in [-0.3, -0.25) is 4.79 Å². The lowest BCUT2D eigenvalue weighted by Crippen LogP contribution is -2.44. The number of carbonyl (C=O) groups excluding carboxylic acids is 1. The minimum absolute atomic E-state index is 0.340. The van der Waals surface area contributed by atoms with Crippen molar-refractivity contribution in [1.82, 2.24) is 0 Å². The van der Waals surface area contributed by atoms with Gasteiger partial charge in [0.25, 0.3) is 0 Å². The molecule has 0 spiro atoms. The molecule has 2 saturated carbocycles. The van der Waals surface area contributed by atoms with Crippen LogP contribution in [-0.4, -0.2) is 18.5 Å². The Hall–Kier alpha value is -0.890. The van der Waals surface area contributed by atoms with Crippen molar-refractivity contribution in [3.05, 3.63) is 22.8 Å². The van der Waals surface area contributed by atoms with Gasteiger partial charge >= 0.3 is 0 Å². The summed E-state index contributed by atoms with van der Waals surface area (Å²) in [7, 11) is 0. The maximum atomic E-state index is 11.9. The Kier molecular flexibility index (Phi) is 3.79. The molecule has 4 rings (SSSR count). The van der Waals surface area contributed by atoms with Gasteiger partial charge in [0.1, 0.15) is 0 Å². The number of hydrogen-bond donors (Lipinski definition) is 0. The molecule has 0 saturated heterocycles. The molecular weight excluding hydrogens is 284 g/mol. The Morgan fingerprint density at radius 3 is 2.87 bits per heavy atom. The smallest absolute Gasteiger partial charge is 0.156 e. The number of ether oxygens (including phenoxy) is 1. The molecule has 0 bridgehead atoms. The van der Waals surface area contributed by atoms with Gasteiger partial charge in [-0.2, -0.15) is 0 Å². The van der Waals surface area contributed by atoms with E-state index in [1.54, 1.807) is 5.57 Å². The molecule has 0 aromatic heterocycles. The Morgan fingerprint density at radius 2 is 2.09 bits per heavy atom. The first-order valence-corrected chi connectivity index (χ1v) is 9.60. The van der Waals surface area contributed by atoms with Crippen LogP contribution in [0.3, 0.4) is 0 Å². The normalized spacial score (nSPS) is 42.9. The highest BCUT2D eigenvalue weighted by molar-refractivity contribution is 5.92. The summed E-state index contributed by atoms with van der Waals surface area (Å²) in [6.07, 6.45) is 10.6. The van der Waals surface area contributed by atoms with Crippen LogP contribution >= 0.6 is 0 Å². The van der Waals surface area contributed by atoms with Gasteiger partial charge in [-0.15, -0.1) is 0 Å². The van der Waals surface area contributed by atoms with Crippen molar-refractivity contribution in [2.45, 2.75) is 71.8 Å². The minimum atomic E-state index is 0.340. The van der Waals surface area contributed by atoms with Crippen molar-refractivity contribution in [2.24, 2.45) is 23.2 Å². The lowest BCUT2D eigenvalue weighted by Gasteiger charge is -2.50. The molecule has 2 nitrogen and oxygen atoms in total. The number of allylic oxidation sites excluding steroid dienone is 4. The zero-order chi connectivity index (χ0) is 16.2. The molecular formula is C21H30O2. The van der Waals surface area contributed by atoms with Crippen LogP contribution in [0.15, 0.2) is 22.8 Å². The molecule has 5 unspecified atom stereocenters. The second-order valence-electron chi connectivity index (χ2n) is 8.43. The quantitative estimate of drug-likeness (QED) is 0.729. The van der Waals surface area contributed by atoms with Gasteiger partial charge in [0.05, 0.1) is 6.10 Å². The number of rotatable bonds is 2. The maximum absolute atomic E-state index is 11.9. The fourth-order valence-corrected chi connectivity index (χ4v) is 6.30. The Balaban J connectivity index is 1.69. The van der Waals surface area contributed by atoms with Crippen LogP contribution in [0.4, 0.5) is 0 Å². The Bertz CT molecular complexity index is 585. The SMILES string of the molecule is CCOC1CCC2C3CC4CCC(=O)C=C4C(C)=C3CCC12C. The molecule has 4 aliphatic carbocycles. The maximum Gasteiger partial charge on any atom is 0.156 e. The third-order valence-electron chi connectivity index (χ3n) is 7.51. The number of ketones is 1. The van der Waals surface area contributed by atoms with E-state index in [9.17, 15) is 4.79 Å². The summed E-state index contributed by atoms with van der Waals surface area (Å²) < 4.78 is 6.13. The minimum Gasteiger partial charge on any atom is -0.378 e. The Morgan fingerprint density at radius 1 is 1.26 bits per heavy atom. The van der Waals surface area contributed by atoms with E-state index in [4.69, 9.17) is 4.74 Å². The van der Waals surface area contributed by atoms with Crippen LogP contribution in [0.25, 0.3) is 0 Å². The molecule has 0 amide bonds. The van der Waals surface area contributed by atoms with Gasteiger partial charge in [-0.25, -0.2) is 0 Å². The first-order valence-electron chi connectivity index (χ1n) is 9.60. The van der Waals surface area contributed by atoms with Crippen molar-refractivity contribution < 1.29 is 9.53 Å². The molecule has 4 aliphatic rings. The van der Waals surface area contributed by atoms with Crippen molar-refractivity contribution in [3.63, 3.8) is 0 Å². The molecule has 0 aromatic rings. The van der Waals surface area contributed by atoms with Crippen LogP contribution in [-0.2, 0) is 9.53 Å². The third kappa shape index (κ3) is 2.28. The van der Waals surface area contributed by atoms with Crippen molar-refractivity contribution in [3.8, 4) is 0 Å². The summed E-state index contributed by atoms with van der Waals surface area (Å²) in [5.41, 5.74) is 4.91. The van der Waals surface area contributed by atoms with Gasteiger partial charge in [0.2, 0.25) is 0 Å². The fourth-order valence-electron chi connectivity index (χ4n) is 6.30. The van der Waals surface area contributed by atoms with E-state index in [0.29, 0.717) is 23.2 Å². The summed E-state index contributed by atoms with van der Waals surface area (Å²) in [6.45, 7) is 7.76. The topological polar surface area (TPSA) is 26.3 Å². The highest BCUT2D eigenvalue weighted by Gasteiger charge is 2.54. The monoisotopic (exact) mass is 314 g/mol. The molecule has 126 valence electrons.